The van der Waals surface area contributed by atoms with Gasteiger partial charge in [-0.25, -0.2) is 8.78 Å². The molecule has 2 aliphatic rings. The van der Waals surface area contributed by atoms with Gasteiger partial charge in [0.2, 0.25) is 0 Å². The summed E-state index contributed by atoms with van der Waals surface area (Å²) in [6.07, 6.45) is 8.19. The van der Waals surface area contributed by atoms with Crippen molar-refractivity contribution in [3.63, 3.8) is 0 Å². The number of benzene rings is 2. The van der Waals surface area contributed by atoms with Crippen LogP contribution in [0.5, 0.6) is 0 Å². The Bertz CT molecular complexity index is 814. The summed E-state index contributed by atoms with van der Waals surface area (Å²) in [5.41, 5.74) is 3.10. The van der Waals surface area contributed by atoms with Gasteiger partial charge in [-0.3, -0.25) is 0 Å². The Morgan fingerprint density at radius 3 is 2.69 bits per heavy atom. The van der Waals surface area contributed by atoms with Crippen LogP contribution in [0.2, 0.25) is 5.02 Å². The molecule has 0 bridgehead atoms. The van der Waals surface area contributed by atoms with Gasteiger partial charge in [0.05, 0.1) is 5.02 Å². The first-order valence-electron chi connectivity index (χ1n) is 9.85. The highest BCUT2D eigenvalue weighted by atomic mass is 35.5. The molecule has 0 radical (unpaired) electrons. The quantitative estimate of drug-likeness (QED) is 0.520. The Hall–Kier alpha value is -1.41. The molecule has 2 aliphatic carbocycles. The summed E-state index contributed by atoms with van der Waals surface area (Å²) >= 11 is 5.77. The van der Waals surface area contributed by atoms with E-state index in [1.807, 2.05) is 6.07 Å². The summed E-state index contributed by atoms with van der Waals surface area (Å²) in [5, 5.41) is 0.0683. The first-order chi connectivity index (χ1) is 12.6. The lowest BCUT2D eigenvalue weighted by Gasteiger charge is -2.41. The molecule has 26 heavy (non-hydrogen) atoms. The van der Waals surface area contributed by atoms with Gasteiger partial charge in [0.1, 0.15) is 11.6 Å². The van der Waals surface area contributed by atoms with Gasteiger partial charge in [-0.05, 0) is 78.7 Å². The summed E-state index contributed by atoms with van der Waals surface area (Å²) in [6, 6.07) is 8.44. The van der Waals surface area contributed by atoms with Gasteiger partial charge < -0.3 is 0 Å². The Labute approximate surface area is 159 Å². The average molecular weight is 375 g/mol. The molecule has 0 N–H and O–H groups in total. The molecule has 0 spiro atoms. The Morgan fingerprint density at radius 2 is 1.92 bits per heavy atom. The van der Waals surface area contributed by atoms with Crippen LogP contribution in [0.4, 0.5) is 8.78 Å². The third-order valence-corrected chi connectivity index (χ3v) is 6.77. The van der Waals surface area contributed by atoms with Crippen molar-refractivity contribution in [1.82, 2.24) is 0 Å². The van der Waals surface area contributed by atoms with Crippen molar-refractivity contribution < 1.29 is 8.78 Å². The maximum atomic E-state index is 15.3. The highest BCUT2D eigenvalue weighted by Gasteiger charge is 2.36. The zero-order chi connectivity index (χ0) is 18.3. The lowest BCUT2D eigenvalue weighted by atomic mass is 9.64. The summed E-state index contributed by atoms with van der Waals surface area (Å²) < 4.78 is 29.1. The molecule has 0 nitrogen and oxygen atoms in total. The minimum Gasteiger partial charge on any atom is -0.206 e. The summed E-state index contributed by atoms with van der Waals surface area (Å²) in [5.74, 6) is 1.38. The molecule has 0 aromatic heterocycles. The van der Waals surface area contributed by atoms with Gasteiger partial charge in [0, 0.05) is 5.56 Å². The molecule has 3 heteroatoms. The van der Waals surface area contributed by atoms with Crippen molar-refractivity contribution >= 4 is 11.6 Å². The lowest BCUT2D eigenvalue weighted by molar-refractivity contribution is 0.200. The van der Waals surface area contributed by atoms with Gasteiger partial charge in [0.25, 0.3) is 0 Å². The van der Waals surface area contributed by atoms with E-state index in [-0.39, 0.29) is 10.8 Å². The average Bonchev–Trinajstić information content (AvgIpc) is 2.64. The van der Waals surface area contributed by atoms with Crippen molar-refractivity contribution in [2.45, 2.75) is 57.8 Å². The van der Waals surface area contributed by atoms with Gasteiger partial charge in [-0.2, -0.15) is 0 Å². The van der Waals surface area contributed by atoms with Gasteiger partial charge in [-0.15, -0.1) is 0 Å². The van der Waals surface area contributed by atoms with Crippen LogP contribution in [0.25, 0.3) is 11.1 Å². The fourth-order valence-electron chi connectivity index (χ4n) is 5.21. The number of hydrogen-bond acceptors (Lipinski definition) is 0. The van der Waals surface area contributed by atoms with E-state index < -0.39 is 5.82 Å². The van der Waals surface area contributed by atoms with Crippen molar-refractivity contribution in [3.8, 4) is 11.1 Å². The van der Waals surface area contributed by atoms with E-state index in [9.17, 15) is 4.39 Å². The van der Waals surface area contributed by atoms with Crippen molar-refractivity contribution in [3.05, 3.63) is 58.1 Å². The molecule has 0 unspecified atom stereocenters. The van der Waals surface area contributed by atoms with Gasteiger partial charge in [0.15, 0.2) is 0 Å². The topological polar surface area (TPSA) is 0 Å². The largest absolute Gasteiger partial charge is 0.206 e. The third-order valence-electron chi connectivity index (χ3n) is 6.46. The molecule has 0 aliphatic heterocycles. The van der Waals surface area contributed by atoms with Gasteiger partial charge >= 0.3 is 0 Å². The molecule has 1 fully saturated rings. The third kappa shape index (κ3) is 3.17. The molecule has 2 aromatic carbocycles. The van der Waals surface area contributed by atoms with Gasteiger partial charge in [-0.1, -0.05) is 49.6 Å². The molecule has 0 heterocycles. The molecule has 0 amide bonds. The highest BCUT2D eigenvalue weighted by molar-refractivity contribution is 6.30. The SMILES string of the molecule is CCC[C@@H]1CC[C@@H]2c3ccc(-c4ccc(Cl)c(F)c4)c(F)c3CC[C@@H]2C1. The van der Waals surface area contributed by atoms with Crippen LogP contribution in [0.15, 0.2) is 30.3 Å². The standard InChI is InChI=1S/C23H25ClF2/c1-2-3-14-4-7-17-15(12-14)5-8-20-19(17)10-9-18(23(20)26)16-6-11-21(24)22(25)13-16/h6,9-11,13-15,17H,2-5,7-8,12H2,1H3/t14-,15-,17+/m1/s1. The Morgan fingerprint density at radius 1 is 1.08 bits per heavy atom. The first-order valence-corrected chi connectivity index (χ1v) is 10.2. The second-order valence-electron chi connectivity index (χ2n) is 8.00. The highest BCUT2D eigenvalue weighted by Crippen LogP contribution is 2.49. The van der Waals surface area contributed by atoms with Crippen LogP contribution in [0.1, 0.15) is 62.5 Å². The second kappa shape index (κ2) is 7.31. The minimum atomic E-state index is -0.504. The molecule has 138 valence electrons. The fourth-order valence-corrected chi connectivity index (χ4v) is 5.33. The summed E-state index contributed by atoms with van der Waals surface area (Å²) in [7, 11) is 0. The van der Waals surface area contributed by atoms with Crippen molar-refractivity contribution in [1.29, 1.82) is 0 Å². The van der Waals surface area contributed by atoms with E-state index in [2.05, 4.69) is 13.0 Å². The summed E-state index contributed by atoms with van der Waals surface area (Å²) in [4.78, 5) is 0. The van der Waals surface area contributed by atoms with Crippen molar-refractivity contribution in [2.24, 2.45) is 11.8 Å². The molecular weight excluding hydrogens is 350 g/mol. The van der Waals surface area contributed by atoms with Crippen LogP contribution in [-0.2, 0) is 6.42 Å². The fraction of sp³-hybridized carbons (Fsp3) is 0.478. The smallest absolute Gasteiger partial charge is 0.142 e. The zero-order valence-electron chi connectivity index (χ0n) is 15.2. The van der Waals surface area contributed by atoms with Crippen LogP contribution in [-0.4, -0.2) is 0 Å². The van der Waals surface area contributed by atoms with Crippen molar-refractivity contribution in [2.75, 3.05) is 0 Å². The molecule has 4 rings (SSSR count). The number of rotatable bonds is 3. The van der Waals surface area contributed by atoms with E-state index in [0.29, 0.717) is 23.0 Å². The van der Waals surface area contributed by atoms with Crippen LogP contribution in [0.3, 0.4) is 0 Å². The molecule has 0 saturated heterocycles. The van der Waals surface area contributed by atoms with E-state index in [1.54, 1.807) is 6.07 Å². The van der Waals surface area contributed by atoms with E-state index in [0.717, 1.165) is 24.3 Å². The normalized spacial score (nSPS) is 24.8. The molecule has 3 atom stereocenters. The zero-order valence-corrected chi connectivity index (χ0v) is 16.0. The number of fused-ring (bicyclic) bond motifs is 3. The van der Waals surface area contributed by atoms with E-state index >= 15 is 4.39 Å². The maximum Gasteiger partial charge on any atom is 0.142 e. The van der Waals surface area contributed by atoms with Crippen LogP contribution in [0, 0.1) is 23.5 Å². The first kappa shape index (κ1) is 18.0. The predicted molar refractivity (Wildman–Crippen MR) is 104 cm³/mol. The van der Waals surface area contributed by atoms with E-state index in [1.165, 1.54) is 49.8 Å². The maximum absolute atomic E-state index is 15.3. The molecule has 1 saturated carbocycles. The van der Waals surface area contributed by atoms with Crippen LogP contribution >= 0.6 is 11.6 Å². The van der Waals surface area contributed by atoms with Crippen LogP contribution < -0.4 is 0 Å². The lowest BCUT2D eigenvalue weighted by Crippen LogP contribution is -2.28. The minimum absolute atomic E-state index is 0.0683. The Balaban J connectivity index is 1.66. The monoisotopic (exact) mass is 374 g/mol. The predicted octanol–water partition coefficient (Wildman–Crippen LogP) is 7.53. The Kier molecular flexibility index (Phi) is 5.05. The molecule has 2 aromatic rings. The molecular formula is C23H25ClF2. The number of halogens is 3. The second-order valence-corrected chi connectivity index (χ2v) is 8.40. The number of hydrogen-bond donors (Lipinski definition) is 0. The van der Waals surface area contributed by atoms with E-state index in [4.69, 9.17) is 11.6 Å². The summed E-state index contributed by atoms with van der Waals surface area (Å²) in [6.45, 7) is 2.26.